The fourth-order valence-corrected chi connectivity index (χ4v) is 4.04. The third-order valence-electron chi connectivity index (χ3n) is 5.35. The zero-order valence-electron chi connectivity index (χ0n) is 17.4. The lowest BCUT2D eigenvalue weighted by atomic mass is 9.82. The van der Waals surface area contributed by atoms with Gasteiger partial charge in [-0.2, -0.15) is 0 Å². The highest BCUT2D eigenvalue weighted by Crippen LogP contribution is 2.33. The van der Waals surface area contributed by atoms with Gasteiger partial charge in [-0.15, -0.1) is 0 Å². The molecule has 2 aromatic carbocycles. The zero-order chi connectivity index (χ0) is 22.7. The Morgan fingerprint density at radius 3 is 2.56 bits per heavy atom. The van der Waals surface area contributed by atoms with Gasteiger partial charge in [0, 0.05) is 5.56 Å². The van der Waals surface area contributed by atoms with Gasteiger partial charge in [0.05, 0.1) is 35.6 Å². The van der Waals surface area contributed by atoms with E-state index in [-0.39, 0.29) is 34.2 Å². The highest BCUT2D eigenvalue weighted by atomic mass is 35.5. The average molecular weight is 477 g/mol. The summed E-state index contributed by atoms with van der Waals surface area (Å²) in [4.78, 5) is 24.2. The van der Waals surface area contributed by atoms with Crippen LogP contribution in [0.15, 0.2) is 51.7 Å². The molecule has 0 amide bonds. The fourth-order valence-electron chi connectivity index (χ4n) is 3.58. The number of carbonyl (C=O) groups is 1. The minimum absolute atomic E-state index is 0.00320. The van der Waals surface area contributed by atoms with Crippen LogP contribution in [0.4, 0.5) is 0 Å². The Hall–Kier alpha value is -2.54. The summed E-state index contributed by atoms with van der Waals surface area (Å²) in [5.74, 6) is 0.708. The van der Waals surface area contributed by atoms with E-state index >= 15 is 0 Å². The summed E-state index contributed by atoms with van der Waals surface area (Å²) in [6.45, 7) is 3.00. The lowest BCUT2D eigenvalue weighted by Gasteiger charge is -2.33. The lowest BCUT2D eigenvalue weighted by Crippen LogP contribution is -2.38. The van der Waals surface area contributed by atoms with E-state index < -0.39 is 0 Å². The maximum Gasteiger partial charge on any atom is 0.309 e. The summed E-state index contributed by atoms with van der Waals surface area (Å²) < 4.78 is 22.3. The van der Waals surface area contributed by atoms with Crippen molar-refractivity contribution >= 4 is 40.1 Å². The van der Waals surface area contributed by atoms with Gasteiger partial charge >= 0.3 is 5.97 Å². The average Bonchev–Trinajstić information content (AvgIpc) is 2.76. The van der Waals surface area contributed by atoms with Crippen molar-refractivity contribution in [3.05, 3.63) is 62.7 Å². The SMILES string of the molecule is CCOC(=O)C1CC(OCCOc2ccc(-c3oc4c(Cl)cccc4c(=O)c3Cl)cc2)C1. The molecule has 0 N–H and O–H groups in total. The molecule has 1 heterocycles. The summed E-state index contributed by atoms with van der Waals surface area (Å²) in [7, 11) is 0. The summed E-state index contributed by atoms with van der Waals surface area (Å²) in [5, 5.41) is 0.687. The summed E-state index contributed by atoms with van der Waals surface area (Å²) >= 11 is 12.5. The molecule has 1 fully saturated rings. The Balaban J connectivity index is 1.33. The van der Waals surface area contributed by atoms with Gasteiger partial charge in [0.25, 0.3) is 0 Å². The van der Waals surface area contributed by atoms with E-state index in [1.165, 1.54) is 0 Å². The molecule has 4 rings (SSSR count). The van der Waals surface area contributed by atoms with Crippen LogP contribution < -0.4 is 10.2 Å². The third-order valence-corrected chi connectivity index (χ3v) is 5.99. The Morgan fingerprint density at radius 2 is 1.84 bits per heavy atom. The van der Waals surface area contributed by atoms with Gasteiger partial charge < -0.3 is 18.6 Å². The Bertz CT molecular complexity index is 1170. The third kappa shape index (κ3) is 4.77. The van der Waals surface area contributed by atoms with Crippen molar-refractivity contribution in [3.63, 3.8) is 0 Å². The van der Waals surface area contributed by atoms with Crippen molar-refractivity contribution in [2.24, 2.45) is 5.92 Å². The predicted octanol–water partition coefficient (Wildman–Crippen LogP) is 5.50. The number of benzene rings is 2. The molecule has 168 valence electrons. The van der Waals surface area contributed by atoms with E-state index in [1.807, 2.05) is 0 Å². The molecule has 3 aromatic rings. The van der Waals surface area contributed by atoms with Gasteiger partial charge in [-0.05, 0) is 56.2 Å². The van der Waals surface area contributed by atoms with E-state index in [9.17, 15) is 9.59 Å². The van der Waals surface area contributed by atoms with Crippen molar-refractivity contribution in [1.82, 2.24) is 0 Å². The molecular formula is C24H22Cl2O6. The normalized spacial score (nSPS) is 17.7. The molecule has 0 saturated heterocycles. The van der Waals surface area contributed by atoms with Gasteiger partial charge in [-0.25, -0.2) is 0 Å². The predicted molar refractivity (Wildman–Crippen MR) is 123 cm³/mol. The second-order valence-corrected chi connectivity index (χ2v) is 8.26. The van der Waals surface area contributed by atoms with Crippen molar-refractivity contribution in [2.45, 2.75) is 25.9 Å². The number of fused-ring (bicyclic) bond motifs is 1. The van der Waals surface area contributed by atoms with Crippen LogP contribution in [0.5, 0.6) is 5.75 Å². The van der Waals surface area contributed by atoms with Crippen LogP contribution in [0.3, 0.4) is 0 Å². The minimum Gasteiger partial charge on any atom is -0.491 e. The maximum atomic E-state index is 12.6. The second-order valence-electron chi connectivity index (χ2n) is 7.48. The first-order chi connectivity index (χ1) is 15.5. The van der Waals surface area contributed by atoms with Gasteiger partial charge in [0.15, 0.2) is 11.3 Å². The molecule has 6 nitrogen and oxygen atoms in total. The van der Waals surface area contributed by atoms with Crippen LogP contribution in [0.25, 0.3) is 22.3 Å². The van der Waals surface area contributed by atoms with Crippen LogP contribution in [0.1, 0.15) is 19.8 Å². The molecule has 32 heavy (non-hydrogen) atoms. The molecular weight excluding hydrogens is 455 g/mol. The smallest absolute Gasteiger partial charge is 0.309 e. The number of hydrogen-bond donors (Lipinski definition) is 0. The van der Waals surface area contributed by atoms with E-state index in [0.717, 1.165) is 0 Å². The second kappa shape index (κ2) is 9.94. The number of para-hydroxylation sites is 1. The molecule has 0 unspecified atom stereocenters. The molecule has 0 spiro atoms. The topological polar surface area (TPSA) is 75.0 Å². The molecule has 1 aliphatic rings. The zero-order valence-corrected chi connectivity index (χ0v) is 18.9. The van der Waals surface area contributed by atoms with E-state index in [1.54, 1.807) is 49.4 Å². The molecule has 8 heteroatoms. The van der Waals surface area contributed by atoms with Crippen molar-refractivity contribution in [3.8, 4) is 17.1 Å². The number of carbonyl (C=O) groups excluding carboxylic acids is 1. The number of halogens is 2. The molecule has 0 aliphatic heterocycles. The molecule has 0 radical (unpaired) electrons. The Kier molecular flexibility index (Phi) is 7.04. The first-order valence-electron chi connectivity index (χ1n) is 10.4. The van der Waals surface area contributed by atoms with Crippen LogP contribution in [-0.2, 0) is 14.3 Å². The van der Waals surface area contributed by atoms with Crippen LogP contribution >= 0.6 is 23.2 Å². The summed E-state index contributed by atoms with van der Waals surface area (Å²) in [6.07, 6.45) is 1.45. The van der Waals surface area contributed by atoms with Crippen molar-refractivity contribution in [1.29, 1.82) is 0 Å². The largest absolute Gasteiger partial charge is 0.491 e. The highest BCUT2D eigenvalue weighted by molar-refractivity contribution is 6.36. The molecule has 1 aliphatic carbocycles. The van der Waals surface area contributed by atoms with Crippen LogP contribution in [-0.4, -0.2) is 31.9 Å². The van der Waals surface area contributed by atoms with Gasteiger partial charge in [0.1, 0.15) is 17.4 Å². The van der Waals surface area contributed by atoms with Crippen molar-refractivity contribution < 1.29 is 23.4 Å². The number of hydrogen-bond acceptors (Lipinski definition) is 6. The Labute approximate surface area is 195 Å². The van der Waals surface area contributed by atoms with E-state index in [0.29, 0.717) is 60.0 Å². The van der Waals surface area contributed by atoms with Crippen LogP contribution in [0.2, 0.25) is 10.0 Å². The number of ether oxygens (including phenoxy) is 3. The first-order valence-corrected chi connectivity index (χ1v) is 11.2. The van der Waals surface area contributed by atoms with E-state index in [4.69, 9.17) is 41.8 Å². The summed E-state index contributed by atoms with van der Waals surface area (Å²) in [5.41, 5.74) is 0.610. The van der Waals surface area contributed by atoms with E-state index in [2.05, 4.69) is 0 Å². The molecule has 0 bridgehead atoms. The number of esters is 1. The van der Waals surface area contributed by atoms with Gasteiger partial charge in [-0.1, -0.05) is 29.3 Å². The monoisotopic (exact) mass is 476 g/mol. The molecule has 1 saturated carbocycles. The van der Waals surface area contributed by atoms with Gasteiger partial charge in [-0.3, -0.25) is 9.59 Å². The Morgan fingerprint density at radius 1 is 1.09 bits per heavy atom. The lowest BCUT2D eigenvalue weighted by molar-refractivity contribution is -0.157. The maximum absolute atomic E-state index is 12.6. The first kappa shape index (κ1) is 22.6. The number of rotatable bonds is 8. The quantitative estimate of drug-likeness (QED) is 0.315. The molecule has 0 atom stereocenters. The minimum atomic E-state index is -0.330. The van der Waals surface area contributed by atoms with Gasteiger partial charge in [0.2, 0.25) is 5.43 Å². The van der Waals surface area contributed by atoms with Crippen LogP contribution in [0, 0.1) is 5.92 Å². The fraction of sp³-hybridized carbons (Fsp3) is 0.333. The van der Waals surface area contributed by atoms with Crippen molar-refractivity contribution in [2.75, 3.05) is 19.8 Å². The standard InChI is InChI=1S/C24H22Cl2O6/c1-2-29-24(28)15-12-17(13-15)31-11-10-30-16-8-6-14(7-9-16)22-20(26)21(27)18-4-3-5-19(25)23(18)32-22/h3-9,15,17H,2,10-13H2,1H3. The highest BCUT2D eigenvalue weighted by Gasteiger charge is 2.36. The summed E-state index contributed by atoms with van der Waals surface area (Å²) in [6, 6.07) is 12.0. The molecule has 1 aromatic heterocycles.